The summed E-state index contributed by atoms with van der Waals surface area (Å²) in [7, 11) is 0. The van der Waals surface area contributed by atoms with Crippen LogP contribution in [0.5, 0.6) is 0 Å². The van der Waals surface area contributed by atoms with E-state index in [1.807, 2.05) is 36.5 Å². The van der Waals surface area contributed by atoms with Crippen molar-refractivity contribution in [2.45, 2.75) is 200 Å². The van der Waals surface area contributed by atoms with Crippen LogP contribution in [-0.4, -0.2) is 37.2 Å². The van der Waals surface area contributed by atoms with Crippen molar-refractivity contribution in [3.63, 3.8) is 0 Å². The maximum Gasteiger partial charge on any atom is 0.306 e. The van der Waals surface area contributed by atoms with E-state index in [2.05, 4.69) is 118 Å². The quantitative estimate of drug-likeness (QED) is 0.0200. The Kier molecular flexibility index (Phi) is 47.6. The third-order valence-electron chi connectivity index (χ3n) is 9.98. The Balaban J connectivity index is 4.46. The molecule has 0 saturated heterocycles. The molecule has 0 saturated carbocycles. The molecule has 0 aromatic carbocycles. The van der Waals surface area contributed by atoms with Gasteiger partial charge in [0, 0.05) is 19.3 Å². The van der Waals surface area contributed by atoms with Crippen molar-refractivity contribution in [3.8, 4) is 0 Å². The van der Waals surface area contributed by atoms with Gasteiger partial charge >= 0.3 is 17.9 Å². The van der Waals surface area contributed by atoms with Crippen molar-refractivity contribution in [3.05, 3.63) is 134 Å². The minimum Gasteiger partial charge on any atom is -0.462 e. The number of allylic oxidation sites excluding steroid dienone is 22. The molecule has 0 bridgehead atoms. The molecule has 0 aromatic rings. The highest BCUT2D eigenvalue weighted by Gasteiger charge is 2.19. The van der Waals surface area contributed by atoms with Crippen molar-refractivity contribution < 1.29 is 28.6 Å². The molecule has 0 rings (SSSR count). The van der Waals surface area contributed by atoms with Crippen LogP contribution in [0.1, 0.15) is 194 Å². The van der Waals surface area contributed by atoms with Crippen LogP contribution in [0, 0.1) is 0 Å². The van der Waals surface area contributed by atoms with Crippen molar-refractivity contribution in [1.82, 2.24) is 0 Å². The minimum atomic E-state index is -0.815. The average Bonchev–Trinajstić information content (AvgIpc) is 3.29. The lowest BCUT2D eigenvalue weighted by molar-refractivity contribution is -0.167. The van der Waals surface area contributed by atoms with Gasteiger partial charge in [-0.1, -0.05) is 206 Å². The molecule has 1 atom stereocenters. The number of rotatable bonds is 43. The maximum atomic E-state index is 12.8. The van der Waals surface area contributed by atoms with Gasteiger partial charge in [0.1, 0.15) is 13.2 Å². The molecule has 358 valence electrons. The van der Waals surface area contributed by atoms with Crippen molar-refractivity contribution in [2.75, 3.05) is 13.2 Å². The highest BCUT2D eigenvalue weighted by Crippen LogP contribution is 2.12. The Hall–Kier alpha value is -4.45. The topological polar surface area (TPSA) is 78.9 Å². The fourth-order valence-electron chi connectivity index (χ4n) is 6.26. The SMILES string of the molecule is CC/C=C\C/C=C\C/C=C\C/C=C\CCCCCCCCC(=O)OCC(COC(=O)CCCC/C=C\C/C=C\CC)OC(=O)CCCCCCC\C=C/C=C\C=C/C=C\C=C/CCC. The van der Waals surface area contributed by atoms with Gasteiger partial charge in [-0.3, -0.25) is 14.4 Å². The summed E-state index contributed by atoms with van der Waals surface area (Å²) in [6, 6.07) is 0. The van der Waals surface area contributed by atoms with Gasteiger partial charge in [-0.25, -0.2) is 0 Å². The summed E-state index contributed by atoms with van der Waals surface area (Å²) in [5.74, 6) is -1.000. The molecule has 0 radical (unpaired) electrons. The van der Waals surface area contributed by atoms with E-state index in [1.54, 1.807) is 0 Å². The summed E-state index contributed by atoms with van der Waals surface area (Å²) in [5, 5.41) is 0. The molecule has 0 aromatic heterocycles. The summed E-state index contributed by atoms with van der Waals surface area (Å²) in [6.45, 7) is 6.22. The standard InChI is InChI=1S/C58H90O6/c1-4-7-10-13-16-19-21-23-25-27-29-31-32-34-36-39-42-45-48-51-57(60)63-54-55(53-62-56(59)50-47-44-41-38-18-15-12-9-6-3)64-58(61)52-49-46-43-40-37-35-33-30-28-26-24-22-20-17-14-11-8-5-2/h7,9-12,14,16-20,22-26,28-31,33,38,55H,4-6,8,13,15,21,27,32,34-37,39-54H2,1-3H3/b10-7-,12-9-,14-11-,19-16-,20-17-,24-22-,25-23-,28-26-,31-29-,33-30-,38-18-. The van der Waals surface area contributed by atoms with Crippen LogP contribution in [0.4, 0.5) is 0 Å². The van der Waals surface area contributed by atoms with E-state index in [9.17, 15) is 14.4 Å². The lowest BCUT2D eigenvalue weighted by Crippen LogP contribution is -2.30. The van der Waals surface area contributed by atoms with E-state index in [4.69, 9.17) is 14.2 Å². The Morgan fingerprint density at radius 3 is 1.12 bits per heavy atom. The van der Waals surface area contributed by atoms with Crippen LogP contribution in [0.25, 0.3) is 0 Å². The molecular formula is C58H90O6. The van der Waals surface area contributed by atoms with Crippen molar-refractivity contribution in [2.24, 2.45) is 0 Å². The van der Waals surface area contributed by atoms with Gasteiger partial charge in [0.25, 0.3) is 0 Å². The maximum absolute atomic E-state index is 12.8. The monoisotopic (exact) mass is 883 g/mol. The molecule has 6 heteroatoms. The van der Waals surface area contributed by atoms with Gasteiger partial charge in [0.15, 0.2) is 6.10 Å². The highest BCUT2D eigenvalue weighted by molar-refractivity contribution is 5.71. The number of carbonyl (C=O) groups excluding carboxylic acids is 3. The largest absolute Gasteiger partial charge is 0.462 e. The number of ether oxygens (including phenoxy) is 3. The number of unbranched alkanes of at least 4 members (excludes halogenated alkanes) is 14. The lowest BCUT2D eigenvalue weighted by Gasteiger charge is -2.18. The van der Waals surface area contributed by atoms with Gasteiger partial charge in [-0.2, -0.15) is 0 Å². The fourth-order valence-corrected chi connectivity index (χ4v) is 6.26. The predicted octanol–water partition coefficient (Wildman–Crippen LogP) is 16.7. The first kappa shape index (κ1) is 59.5. The molecule has 0 amide bonds. The Morgan fingerprint density at radius 2 is 0.672 bits per heavy atom. The number of hydrogen-bond donors (Lipinski definition) is 0. The van der Waals surface area contributed by atoms with Gasteiger partial charge in [-0.15, -0.1) is 0 Å². The summed E-state index contributed by atoms with van der Waals surface area (Å²) in [4.78, 5) is 37.9. The van der Waals surface area contributed by atoms with Crippen LogP contribution in [-0.2, 0) is 28.6 Å². The molecular weight excluding hydrogens is 793 g/mol. The molecule has 0 spiro atoms. The summed E-state index contributed by atoms with van der Waals surface area (Å²) in [6.07, 6.45) is 71.5. The number of esters is 3. The first-order chi connectivity index (χ1) is 31.5. The van der Waals surface area contributed by atoms with Crippen molar-refractivity contribution in [1.29, 1.82) is 0 Å². The molecule has 64 heavy (non-hydrogen) atoms. The molecule has 0 fully saturated rings. The van der Waals surface area contributed by atoms with Gasteiger partial charge < -0.3 is 14.2 Å². The predicted molar refractivity (Wildman–Crippen MR) is 274 cm³/mol. The normalized spacial score (nSPS) is 13.2. The van der Waals surface area contributed by atoms with Gasteiger partial charge in [0.05, 0.1) is 0 Å². The van der Waals surface area contributed by atoms with Gasteiger partial charge in [-0.05, 0) is 103 Å². The van der Waals surface area contributed by atoms with E-state index in [-0.39, 0.29) is 37.5 Å². The first-order valence-corrected chi connectivity index (χ1v) is 25.3. The van der Waals surface area contributed by atoms with Crippen LogP contribution >= 0.6 is 0 Å². The number of hydrogen-bond acceptors (Lipinski definition) is 6. The Morgan fingerprint density at radius 1 is 0.344 bits per heavy atom. The van der Waals surface area contributed by atoms with E-state index in [1.165, 1.54) is 19.3 Å². The van der Waals surface area contributed by atoms with Crippen LogP contribution in [0.2, 0.25) is 0 Å². The molecule has 6 nitrogen and oxygen atoms in total. The number of carbonyl (C=O) groups is 3. The molecule has 0 aliphatic rings. The molecule has 0 aliphatic carbocycles. The second kappa shape index (κ2) is 51.2. The third kappa shape index (κ3) is 48.6. The smallest absolute Gasteiger partial charge is 0.306 e. The van der Waals surface area contributed by atoms with E-state index in [0.717, 1.165) is 135 Å². The highest BCUT2D eigenvalue weighted by atomic mass is 16.6. The average molecular weight is 883 g/mol. The van der Waals surface area contributed by atoms with Crippen LogP contribution < -0.4 is 0 Å². The van der Waals surface area contributed by atoms with Crippen LogP contribution in [0.15, 0.2) is 134 Å². The second-order valence-corrected chi connectivity index (χ2v) is 16.1. The Labute approximate surface area is 392 Å². The van der Waals surface area contributed by atoms with Crippen LogP contribution in [0.3, 0.4) is 0 Å². The van der Waals surface area contributed by atoms with E-state index in [0.29, 0.717) is 12.8 Å². The summed E-state index contributed by atoms with van der Waals surface area (Å²) >= 11 is 0. The zero-order chi connectivity index (χ0) is 46.5. The summed E-state index contributed by atoms with van der Waals surface area (Å²) in [5.41, 5.74) is 0. The van der Waals surface area contributed by atoms with Crippen molar-refractivity contribution >= 4 is 17.9 Å². The molecule has 0 N–H and O–H groups in total. The minimum absolute atomic E-state index is 0.112. The lowest BCUT2D eigenvalue weighted by atomic mass is 10.1. The molecule has 0 heterocycles. The van der Waals surface area contributed by atoms with Gasteiger partial charge in [0.2, 0.25) is 0 Å². The second-order valence-electron chi connectivity index (χ2n) is 16.1. The molecule has 0 aliphatic heterocycles. The molecule has 1 unspecified atom stereocenters. The summed E-state index contributed by atoms with van der Waals surface area (Å²) < 4.78 is 16.7. The zero-order valence-electron chi connectivity index (χ0n) is 40.7. The third-order valence-corrected chi connectivity index (χ3v) is 9.98. The van der Waals surface area contributed by atoms with E-state index >= 15 is 0 Å². The fraction of sp³-hybridized carbons (Fsp3) is 0.569. The first-order valence-electron chi connectivity index (χ1n) is 25.3. The Bertz CT molecular complexity index is 1430. The zero-order valence-corrected chi connectivity index (χ0v) is 40.7. The van der Waals surface area contributed by atoms with E-state index < -0.39 is 6.10 Å².